The van der Waals surface area contributed by atoms with E-state index in [1.165, 1.54) is 0 Å². The molecule has 0 unspecified atom stereocenters. The Bertz CT molecular complexity index is 414. The molecular formula is C11H12BF4O-. The molecule has 0 aliphatic carbocycles. The molecule has 1 nitrogen and oxygen atoms in total. The molecule has 17 heavy (non-hydrogen) atoms. The lowest BCUT2D eigenvalue weighted by Crippen LogP contribution is -2.35. The summed E-state index contributed by atoms with van der Waals surface area (Å²) in [5, 5.41) is 0. The molecule has 0 atom stereocenters. The summed E-state index contributed by atoms with van der Waals surface area (Å²) in [7, 11) is 0. The minimum Gasteiger partial charge on any atom is -0.492 e. The molecule has 0 radical (unpaired) electrons. The molecule has 0 aromatic heterocycles. The lowest BCUT2D eigenvalue weighted by atomic mass is 9.79. The van der Waals surface area contributed by atoms with E-state index in [2.05, 4.69) is 6.58 Å². The first kappa shape index (κ1) is 13.6. The zero-order valence-corrected chi connectivity index (χ0v) is 9.35. The molecule has 0 N–H and O–H groups in total. The minimum atomic E-state index is -5.29. The maximum Gasteiger partial charge on any atom is 0.513 e. The van der Waals surface area contributed by atoms with Gasteiger partial charge >= 0.3 is 6.98 Å². The number of hydrogen-bond donors (Lipinski definition) is 0. The van der Waals surface area contributed by atoms with Crippen LogP contribution >= 0.6 is 0 Å². The third kappa shape index (κ3) is 3.80. The fraction of sp³-hybridized carbons (Fsp3) is 0.273. The summed E-state index contributed by atoms with van der Waals surface area (Å²) in [6, 6.07) is 2.38. The standard InChI is InChI=1S/C11H12BF4O/c1-3-8(2)7-17-11-5-4-9(13)6-10(11)12(14,15)16/h4-6H,2-3,7H2,1H3/q-1. The normalized spacial score (nSPS) is 11.4. The van der Waals surface area contributed by atoms with E-state index in [9.17, 15) is 17.3 Å². The SMILES string of the molecule is C=C(CC)COc1ccc(F)cc1[B-](F)(F)F. The van der Waals surface area contributed by atoms with Gasteiger partial charge in [-0.2, -0.15) is 0 Å². The first-order valence-electron chi connectivity index (χ1n) is 5.13. The van der Waals surface area contributed by atoms with Gasteiger partial charge in [0.25, 0.3) is 0 Å². The Balaban J connectivity index is 2.95. The molecule has 1 aromatic rings. The maximum absolute atomic E-state index is 12.8. The quantitative estimate of drug-likeness (QED) is 0.441. The molecule has 0 saturated carbocycles. The highest BCUT2D eigenvalue weighted by Crippen LogP contribution is 2.19. The largest absolute Gasteiger partial charge is 0.513 e. The average molecular weight is 247 g/mol. The molecule has 1 rings (SSSR count). The highest BCUT2D eigenvalue weighted by molar-refractivity contribution is 6.74. The van der Waals surface area contributed by atoms with E-state index in [1.807, 2.05) is 6.92 Å². The molecule has 0 amide bonds. The zero-order valence-electron chi connectivity index (χ0n) is 9.35. The van der Waals surface area contributed by atoms with Crippen LogP contribution in [-0.4, -0.2) is 13.6 Å². The number of halogens is 4. The van der Waals surface area contributed by atoms with Crippen LogP contribution in [0.25, 0.3) is 0 Å². The fourth-order valence-corrected chi connectivity index (χ4v) is 1.19. The van der Waals surface area contributed by atoms with Crippen LogP contribution in [0.4, 0.5) is 17.3 Å². The highest BCUT2D eigenvalue weighted by atomic mass is 19.4. The summed E-state index contributed by atoms with van der Waals surface area (Å²) in [6.45, 7) is 0.161. The van der Waals surface area contributed by atoms with Crippen molar-refractivity contribution in [3.8, 4) is 5.75 Å². The number of benzene rings is 1. The molecule has 0 saturated heterocycles. The predicted molar refractivity (Wildman–Crippen MR) is 60.0 cm³/mol. The second-order valence-electron chi connectivity index (χ2n) is 3.65. The lowest BCUT2D eigenvalue weighted by Gasteiger charge is -2.20. The Kier molecular flexibility index (Phi) is 4.20. The van der Waals surface area contributed by atoms with E-state index in [0.717, 1.165) is 12.1 Å². The van der Waals surface area contributed by atoms with Crippen LogP contribution in [0.2, 0.25) is 0 Å². The summed E-state index contributed by atoms with van der Waals surface area (Å²) in [5.41, 5.74) is -0.371. The minimum absolute atomic E-state index is 0.00128. The molecule has 0 fully saturated rings. The lowest BCUT2D eigenvalue weighted by molar-refractivity contribution is 0.348. The van der Waals surface area contributed by atoms with Gasteiger partial charge in [-0.25, -0.2) is 4.39 Å². The van der Waals surface area contributed by atoms with Crippen molar-refractivity contribution in [3.63, 3.8) is 0 Å². The van der Waals surface area contributed by atoms with Crippen LogP contribution in [0.5, 0.6) is 5.75 Å². The Hall–Kier alpha value is -1.46. The maximum atomic E-state index is 12.8. The molecule has 94 valence electrons. The van der Waals surface area contributed by atoms with Gasteiger partial charge in [0.1, 0.15) is 12.4 Å². The van der Waals surface area contributed by atoms with Gasteiger partial charge in [-0.1, -0.05) is 19.0 Å². The van der Waals surface area contributed by atoms with Crippen molar-refractivity contribution in [3.05, 3.63) is 36.2 Å². The van der Waals surface area contributed by atoms with E-state index in [1.54, 1.807) is 0 Å². The van der Waals surface area contributed by atoms with Gasteiger partial charge in [0.15, 0.2) is 0 Å². The third-order valence-electron chi connectivity index (χ3n) is 2.26. The molecule has 6 heteroatoms. The Morgan fingerprint density at radius 3 is 2.53 bits per heavy atom. The Morgan fingerprint density at radius 2 is 2.00 bits per heavy atom. The van der Waals surface area contributed by atoms with Gasteiger partial charge in [-0.05, 0) is 30.2 Å². The first-order chi connectivity index (χ1) is 7.84. The van der Waals surface area contributed by atoms with Crippen LogP contribution in [0.3, 0.4) is 0 Å². The molecule has 0 bridgehead atoms. The number of hydrogen-bond acceptors (Lipinski definition) is 1. The average Bonchev–Trinajstić information content (AvgIpc) is 2.25. The summed E-state index contributed by atoms with van der Waals surface area (Å²) in [4.78, 5) is 0. The van der Waals surface area contributed by atoms with Crippen LogP contribution in [-0.2, 0) is 0 Å². The number of rotatable bonds is 5. The van der Waals surface area contributed by atoms with Crippen LogP contribution < -0.4 is 10.2 Å². The van der Waals surface area contributed by atoms with Crippen molar-refractivity contribution in [1.82, 2.24) is 0 Å². The van der Waals surface area contributed by atoms with Crippen molar-refractivity contribution >= 4 is 12.4 Å². The number of ether oxygens (including phenoxy) is 1. The second kappa shape index (κ2) is 5.25. The first-order valence-corrected chi connectivity index (χ1v) is 5.13. The van der Waals surface area contributed by atoms with Gasteiger partial charge in [-0.15, -0.1) is 0 Å². The highest BCUT2D eigenvalue weighted by Gasteiger charge is 2.29. The zero-order chi connectivity index (χ0) is 13.1. The Labute approximate surface area is 97.1 Å². The third-order valence-corrected chi connectivity index (χ3v) is 2.26. The molecule has 0 aliphatic heterocycles. The van der Waals surface area contributed by atoms with Gasteiger partial charge < -0.3 is 17.7 Å². The van der Waals surface area contributed by atoms with E-state index < -0.39 is 18.3 Å². The molecule has 1 aromatic carbocycles. The Morgan fingerprint density at radius 1 is 1.35 bits per heavy atom. The monoisotopic (exact) mass is 247 g/mol. The van der Waals surface area contributed by atoms with Crippen LogP contribution in [0.15, 0.2) is 30.4 Å². The van der Waals surface area contributed by atoms with Crippen molar-refractivity contribution in [2.45, 2.75) is 13.3 Å². The van der Waals surface area contributed by atoms with Crippen LogP contribution in [0, 0.1) is 5.82 Å². The van der Waals surface area contributed by atoms with Crippen molar-refractivity contribution in [2.24, 2.45) is 0 Å². The van der Waals surface area contributed by atoms with E-state index >= 15 is 0 Å². The van der Waals surface area contributed by atoms with Crippen molar-refractivity contribution < 1.29 is 22.1 Å². The van der Waals surface area contributed by atoms with Crippen LogP contribution in [0.1, 0.15) is 13.3 Å². The van der Waals surface area contributed by atoms with E-state index in [4.69, 9.17) is 4.74 Å². The van der Waals surface area contributed by atoms with Gasteiger partial charge in [0.2, 0.25) is 0 Å². The fourth-order valence-electron chi connectivity index (χ4n) is 1.19. The summed E-state index contributed by atoms with van der Waals surface area (Å²) >= 11 is 0. The topological polar surface area (TPSA) is 9.23 Å². The molecule has 0 aliphatic rings. The van der Waals surface area contributed by atoms with E-state index in [-0.39, 0.29) is 12.4 Å². The second-order valence-corrected chi connectivity index (χ2v) is 3.65. The molecule has 0 spiro atoms. The van der Waals surface area contributed by atoms with Crippen molar-refractivity contribution in [1.29, 1.82) is 0 Å². The van der Waals surface area contributed by atoms with Gasteiger partial charge in [0, 0.05) is 0 Å². The van der Waals surface area contributed by atoms with Gasteiger partial charge in [0.05, 0.1) is 5.75 Å². The van der Waals surface area contributed by atoms with Crippen molar-refractivity contribution in [2.75, 3.05) is 6.61 Å². The summed E-state index contributed by atoms with van der Waals surface area (Å²) in [6.07, 6.45) is 0.619. The predicted octanol–water partition coefficient (Wildman–Crippen LogP) is 3.23. The molecule has 0 heterocycles. The van der Waals surface area contributed by atoms with E-state index in [0.29, 0.717) is 18.1 Å². The summed E-state index contributed by atoms with van der Waals surface area (Å²) in [5.74, 6) is -1.28. The van der Waals surface area contributed by atoms with Gasteiger partial charge in [-0.3, -0.25) is 0 Å². The smallest absolute Gasteiger partial charge is 0.492 e. The molecular weight excluding hydrogens is 235 g/mol. The summed E-state index contributed by atoms with van der Waals surface area (Å²) < 4.78 is 55.7.